The summed E-state index contributed by atoms with van der Waals surface area (Å²) < 4.78 is 16.0. The van der Waals surface area contributed by atoms with Crippen LogP contribution in [0.3, 0.4) is 0 Å². The fraction of sp³-hybridized carbons (Fsp3) is 0.250. The van der Waals surface area contributed by atoms with Gasteiger partial charge in [0.05, 0.1) is 0 Å². The number of carbonyl (C=O) groups is 1. The number of rotatable bonds is 9. The van der Waals surface area contributed by atoms with Gasteiger partial charge >= 0.3 is 0 Å². The average Bonchev–Trinajstić information content (AvgIpc) is 2.68. The van der Waals surface area contributed by atoms with Gasteiger partial charge in [-0.25, -0.2) is 4.84 Å². The van der Waals surface area contributed by atoms with Crippen LogP contribution in [0.5, 0.6) is 11.5 Å². The Bertz CT molecular complexity index is 731. The van der Waals surface area contributed by atoms with Crippen LogP contribution in [-0.2, 0) is 6.61 Å². The third-order valence-electron chi connectivity index (χ3n) is 3.30. The lowest BCUT2D eigenvalue weighted by molar-refractivity contribution is -1.22. The molecule has 2 N–H and O–H groups in total. The molecule has 0 aliphatic rings. The van der Waals surface area contributed by atoms with Gasteiger partial charge in [0.1, 0.15) is 16.8 Å². The Kier molecular flexibility index (Phi) is 10.1. The van der Waals surface area contributed by atoms with Gasteiger partial charge in [-0.1, -0.05) is 32.1 Å². The molecule has 2 rings (SSSR count). The Morgan fingerprint density at radius 2 is 1.75 bits per heavy atom. The topological polar surface area (TPSA) is 67.8 Å². The number of quaternary nitrogens is 1. The summed E-state index contributed by atoms with van der Waals surface area (Å²) in [4.78, 5) is 16.4. The zero-order valence-corrected chi connectivity index (χ0v) is 16.9. The van der Waals surface area contributed by atoms with E-state index in [-0.39, 0.29) is 11.7 Å². The normalized spacial score (nSPS) is 12.0. The summed E-state index contributed by atoms with van der Waals surface area (Å²) in [5.41, 5.74) is 1.46. The van der Waals surface area contributed by atoms with Crippen LogP contribution in [0.1, 0.15) is 36.2 Å². The van der Waals surface area contributed by atoms with E-state index in [2.05, 4.69) is 29.5 Å². The van der Waals surface area contributed by atoms with Crippen molar-refractivity contribution in [2.45, 2.75) is 26.9 Å². The molecule has 1 unspecified atom stereocenters. The van der Waals surface area contributed by atoms with Gasteiger partial charge in [-0.15, -0.1) is 11.8 Å². The van der Waals surface area contributed by atoms with Crippen LogP contribution >= 0.6 is 12.8 Å². The Morgan fingerprint density at radius 1 is 1.18 bits per heavy atom. The largest absolute Gasteiger partial charge is 0.489 e. The van der Waals surface area contributed by atoms with Gasteiger partial charge in [0.15, 0.2) is 12.8 Å². The van der Waals surface area contributed by atoms with Gasteiger partial charge in [0, 0.05) is 12.1 Å². The standard InChI is InChI=1S/C18H19FN2O4S.C2H6/c1-2-3-12-20-18(22)15-6-4-14(5-7-15)13-24-16-8-10-17(11-9-16)25-21(19,23)26;1-2/h2,4-11,23,26H,1,3,12-13H2;1-2H3/p+1. The molecule has 2 aromatic carbocycles. The molecule has 0 heterocycles. The van der Waals surface area contributed by atoms with E-state index in [9.17, 15) is 9.28 Å². The molecule has 0 aromatic heterocycles. The Labute approximate surface area is 170 Å². The highest BCUT2D eigenvalue weighted by Gasteiger charge is 2.24. The molecule has 2 aromatic rings. The molecule has 1 atom stereocenters. The van der Waals surface area contributed by atoms with Gasteiger partial charge in [0.25, 0.3) is 5.91 Å². The Hall–Kier alpha value is -2.55. The number of amides is 1. The molecule has 6 nitrogen and oxygen atoms in total. The fourth-order valence-electron chi connectivity index (χ4n) is 2.04. The monoisotopic (exact) mass is 409 g/mol. The fourth-order valence-corrected chi connectivity index (χ4v) is 2.13. The van der Waals surface area contributed by atoms with Crippen molar-refractivity contribution >= 4 is 18.7 Å². The molecule has 0 spiro atoms. The molecule has 0 saturated heterocycles. The number of ether oxygens (including phenoxy) is 1. The molecule has 0 fully saturated rings. The van der Waals surface area contributed by atoms with E-state index in [1.807, 2.05) is 26.0 Å². The first-order valence-corrected chi connectivity index (χ1v) is 9.22. The van der Waals surface area contributed by atoms with Crippen molar-refractivity contribution in [1.82, 2.24) is 5.32 Å². The number of nitrogens with one attached hydrogen (secondary N) is 1. The maximum atomic E-state index is 12.8. The third kappa shape index (κ3) is 8.90. The molecule has 0 aliphatic carbocycles. The number of hydrogen-bond acceptors (Lipinski definition) is 5. The van der Waals surface area contributed by atoms with Crippen molar-refractivity contribution in [3.63, 3.8) is 0 Å². The maximum Gasteiger partial charge on any atom is 0.251 e. The van der Waals surface area contributed by atoms with E-state index in [0.29, 0.717) is 24.5 Å². The minimum Gasteiger partial charge on any atom is -0.489 e. The number of halogens is 1. The lowest BCUT2D eigenvalue weighted by Crippen LogP contribution is -2.27. The van der Waals surface area contributed by atoms with Crippen LogP contribution in [0.15, 0.2) is 61.2 Å². The molecular formula is C20H26FN2O4S+. The van der Waals surface area contributed by atoms with Crippen LogP contribution in [0.4, 0.5) is 4.48 Å². The number of carbonyl (C=O) groups excluding carboxylic acids is 1. The second-order valence-corrected chi connectivity index (χ2v) is 5.85. The zero-order chi connectivity index (χ0) is 21.0. The smallest absolute Gasteiger partial charge is 0.251 e. The molecule has 0 bridgehead atoms. The van der Waals surface area contributed by atoms with Gasteiger partial charge in [-0.3, -0.25) is 4.79 Å². The molecular weight excluding hydrogens is 383 g/mol. The predicted molar refractivity (Wildman–Crippen MR) is 108 cm³/mol. The second-order valence-electron chi connectivity index (χ2n) is 5.35. The van der Waals surface area contributed by atoms with Crippen LogP contribution < -0.4 is 14.9 Å². The predicted octanol–water partition coefficient (Wildman–Crippen LogP) is 4.83. The van der Waals surface area contributed by atoms with Crippen molar-refractivity contribution in [1.29, 1.82) is 0 Å². The van der Waals surface area contributed by atoms with Crippen molar-refractivity contribution in [3.8, 4) is 11.5 Å². The Morgan fingerprint density at radius 3 is 2.29 bits per heavy atom. The minimum atomic E-state index is -2.41. The molecule has 0 aliphatic heterocycles. The number of benzene rings is 2. The van der Waals surface area contributed by atoms with Crippen molar-refractivity contribution in [2.24, 2.45) is 0 Å². The lowest BCUT2D eigenvalue weighted by atomic mass is 10.1. The summed E-state index contributed by atoms with van der Waals surface area (Å²) >= 11 is 3.17. The van der Waals surface area contributed by atoms with Gasteiger partial charge in [-0.2, -0.15) is 0 Å². The van der Waals surface area contributed by atoms with E-state index < -0.39 is 4.44 Å². The van der Waals surface area contributed by atoms with Crippen molar-refractivity contribution in [3.05, 3.63) is 72.3 Å². The quantitative estimate of drug-likeness (QED) is 0.182. The first kappa shape index (κ1) is 23.5. The SMILES string of the molecule is C=CCCNC(=O)c1ccc(COc2ccc(O[N+](O)(F)S)cc2)cc1.CC. The number of thiol groups is 1. The minimum absolute atomic E-state index is 0.0872. The first-order chi connectivity index (χ1) is 13.4. The highest BCUT2D eigenvalue weighted by molar-refractivity contribution is 7.73. The zero-order valence-electron chi connectivity index (χ0n) is 16.0. The summed E-state index contributed by atoms with van der Waals surface area (Å²) in [6, 6.07) is 13.1. The number of nitrogens with zero attached hydrogens (tertiary/aromatic N) is 1. The summed E-state index contributed by atoms with van der Waals surface area (Å²) in [7, 11) is 0. The third-order valence-corrected chi connectivity index (χ3v) is 3.38. The second kappa shape index (κ2) is 12.0. The Balaban J connectivity index is 0.00000190. The van der Waals surface area contributed by atoms with Crippen LogP contribution in [0, 0.1) is 0 Å². The summed E-state index contributed by atoms with van der Waals surface area (Å²) in [6.45, 7) is 8.46. The van der Waals surface area contributed by atoms with Gasteiger partial charge < -0.3 is 10.1 Å². The molecule has 152 valence electrons. The van der Waals surface area contributed by atoms with E-state index in [4.69, 9.17) is 9.94 Å². The maximum absolute atomic E-state index is 12.8. The first-order valence-electron chi connectivity index (χ1n) is 8.82. The van der Waals surface area contributed by atoms with E-state index >= 15 is 0 Å². The van der Waals surface area contributed by atoms with Crippen LogP contribution in [0.25, 0.3) is 0 Å². The van der Waals surface area contributed by atoms with Crippen molar-refractivity contribution in [2.75, 3.05) is 6.54 Å². The highest BCUT2D eigenvalue weighted by atomic mass is 32.1. The number of hydrogen-bond donors (Lipinski definition) is 3. The van der Waals surface area contributed by atoms with Gasteiger partial charge in [-0.05, 0) is 48.4 Å². The summed E-state index contributed by atoms with van der Waals surface area (Å²) in [5.74, 6) is 0.493. The van der Waals surface area contributed by atoms with E-state index in [1.54, 1.807) is 30.3 Å². The van der Waals surface area contributed by atoms with Crippen LogP contribution in [0.2, 0.25) is 0 Å². The lowest BCUT2D eigenvalue weighted by Gasteiger charge is -2.10. The molecule has 8 heteroatoms. The van der Waals surface area contributed by atoms with E-state index in [0.717, 1.165) is 12.0 Å². The molecule has 28 heavy (non-hydrogen) atoms. The molecule has 0 saturated carbocycles. The molecule has 1 amide bonds. The van der Waals surface area contributed by atoms with Crippen LogP contribution in [-0.4, -0.2) is 22.1 Å². The summed E-state index contributed by atoms with van der Waals surface area (Å²) in [6.07, 6.45) is 2.47. The van der Waals surface area contributed by atoms with Gasteiger partial charge in [0.2, 0.25) is 10.2 Å². The highest BCUT2D eigenvalue weighted by Crippen LogP contribution is 2.22. The van der Waals surface area contributed by atoms with E-state index in [1.165, 1.54) is 12.1 Å². The van der Waals surface area contributed by atoms with Crippen molar-refractivity contribution < 1.29 is 28.5 Å². The average molecular weight is 410 g/mol. The summed E-state index contributed by atoms with van der Waals surface area (Å²) in [5, 5.41) is 11.6. The molecule has 0 radical (unpaired) electrons.